The van der Waals surface area contributed by atoms with Crippen molar-refractivity contribution in [1.82, 2.24) is 9.80 Å². The largest absolute Gasteiger partial charge is 0.451 e. The number of benzene rings is 2. The van der Waals surface area contributed by atoms with Crippen LogP contribution in [0.1, 0.15) is 80.0 Å². The number of aryl methyl sites for hydroxylation is 1. The van der Waals surface area contributed by atoms with Crippen molar-refractivity contribution in [2.45, 2.75) is 77.8 Å². The maximum atomic E-state index is 13.3. The number of carbonyl (C=O) groups is 2. The zero-order valence-corrected chi connectivity index (χ0v) is 23.0. The molecule has 0 atom stereocenters. The number of hydrogen-bond donors (Lipinski definition) is 0. The summed E-state index contributed by atoms with van der Waals surface area (Å²) in [5.74, 6) is 0.542. The van der Waals surface area contributed by atoms with E-state index in [1.54, 1.807) is 6.92 Å². The number of carbonyl (C=O) groups excluding carboxylic acids is 2. The number of rotatable bonds is 2. The highest BCUT2D eigenvalue weighted by atomic mass is 16.3. The zero-order valence-electron chi connectivity index (χ0n) is 23.0. The van der Waals surface area contributed by atoms with E-state index in [1.165, 1.54) is 37.7 Å². The van der Waals surface area contributed by atoms with Gasteiger partial charge >= 0.3 is 0 Å². The molecule has 6 heteroatoms. The van der Waals surface area contributed by atoms with E-state index in [9.17, 15) is 9.59 Å². The molecule has 6 nitrogen and oxygen atoms in total. The summed E-state index contributed by atoms with van der Waals surface area (Å²) in [6.45, 7) is 7.85. The van der Waals surface area contributed by atoms with Gasteiger partial charge in [0.05, 0.1) is 0 Å². The smallest absolute Gasteiger partial charge is 0.289 e. The maximum absolute atomic E-state index is 13.3. The Morgan fingerprint density at radius 3 is 2.32 bits per heavy atom. The minimum absolute atomic E-state index is 0.00955. The van der Waals surface area contributed by atoms with Crippen LogP contribution in [0.4, 0.5) is 5.69 Å². The molecule has 1 aromatic heterocycles. The quantitative estimate of drug-likeness (QED) is 0.388. The molecule has 2 aliphatic rings. The first kappa shape index (κ1) is 26.5. The van der Waals surface area contributed by atoms with Gasteiger partial charge in [-0.15, -0.1) is 0 Å². The van der Waals surface area contributed by atoms with E-state index in [-0.39, 0.29) is 11.8 Å². The van der Waals surface area contributed by atoms with Crippen molar-refractivity contribution >= 4 is 28.5 Å². The second-order valence-electron chi connectivity index (χ2n) is 11.1. The Morgan fingerprint density at radius 1 is 0.842 bits per heavy atom. The molecule has 0 radical (unpaired) electrons. The van der Waals surface area contributed by atoms with E-state index in [0.717, 1.165) is 74.2 Å². The number of hydrogen-bond acceptors (Lipinski definition) is 4. The average Bonchev–Trinajstić information content (AvgIpc) is 3.35. The van der Waals surface area contributed by atoms with Gasteiger partial charge < -0.3 is 14.2 Å². The third kappa shape index (κ3) is 6.12. The molecule has 0 saturated carbocycles. The number of amides is 2. The molecule has 0 unspecified atom stereocenters. The molecule has 0 bridgehead atoms. The fraction of sp³-hybridized carbons (Fsp3) is 0.500. The van der Waals surface area contributed by atoms with Crippen LogP contribution in [-0.2, 0) is 11.3 Å². The molecule has 1 saturated heterocycles. The number of piperidine rings is 1. The van der Waals surface area contributed by atoms with Crippen molar-refractivity contribution in [3.63, 3.8) is 0 Å². The normalized spacial score (nSPS) is 18.9. The first-order valence-corrected chi connectivity index (χ1v) is 14.4. The Balaban J connectivity index is 1.29. The summed E-state index contributed by atoms with van der Waals surface area (Å²) in [4.78, 5) is 32.4. The van der Waals surface area contributed by atoms with Gasteiger partial charge in [-0.05, 0) is 68.5 Å². The summed E-state index contributed by atoms with van der Waals surface area (Å²) in [6, 6.07) is 16.8. The number of nitrogens with zero attached hydrogens (tertiary/aromatic N) is 3. The Labute approximate surface area is 226 Å². The van der Waals surface area contributed by atoms with Crippen LogP contribution in [0.2, 0.25) is 0 Å². The predicted octanol–water partition coefficient (Wildman–Crippen LogP) is 6.56. The van der Waals surface area contributed by atoms with Crippen LogP contribution in [0.15, 0.2) is 52.9 Å². The fourth-order valence-corrected chi connectivity index (χ4v) is 6.09. The van der Waals surface area contributed by atoms with Crippen molar-refractivity contribution in [3.05, 3.63) is 65.4 Å². The highest BCUT2D eigenvalue weighted by Crippen LogP contribution is 2.28. The molecule has 3 aromatic rings. The maximum Gasteiger partial charge on any atom is 0.289 e. The molecule has 0 spiro atoms. The molecule has 38 heavy (non-hydrogen) atoms. The van der Waals surface area contributed by atoms with E-state index in [1.807, 2.05) is 47.1 Å². The molecule has 0 aliphatic carbocycles. The summed E-state index contributed by atoms with van der Waals surface area (Å²) in [6.07, 6.45) is 9.04. The van der Waals surface area contributed by atoms with Gasteiger partial charge in [0.25, 0.3) is 5.91 Å². The number of fused-ring (bicyclic) bond motifs is 2. The van der Waals surface area contributed by atoms with Crippen LogP contribution in [0.5, 0.6) is 0 Å². The molecule has 2 amide bonds. The van der Waals surface area contributed by atoms with E-state index in [4.69, 9.17) is 4.42 Å². The Kier molecular flexibility index (Phi) is 8.48. The van der Waals surface area contributed by atoms with Gasteiger partial charge in [-0.2, -0.15) is 0 Å². The molecule has 2 aliphatic heterocycles. The van der Waals surface area contributed by atoms with Gasteiger partial charge in [0.2, 0.25) is 5.91 Å². The summed E-state index contributed by atoms with van der Waals surface area (Å²) in [5.41, 5.74) is 4.17. The SMILES string of the molecule is CC(=O)N1CCCCCCCCN(C2CCN(C(=O)c3cc4ccc(C)cc4o3)CC2)Cc2ccccc21. The number of furan rings is 1. The summed E-state index contributed by atoms with van der Waals surface area (Å²) in [5, 5.41) is 0.974. The third-order valence-electron chi connectivity index (χ3n) is 8.27. The van der Waals surface area contributed by atoms with Gasteiger partial charge in [0.1, 0.15) is 5.58 Å². The van der Waals surface area contributed by atoms with Crippen LogP contribution in [-0.4, -0.2) is 53.8 Å². The molecule has 5 rings (SSSR count). The predicted molar refractivity (Wildman–Crippen MR) is 152 cm³/mol. The number of anilines is 1. The van der Waals surface area contributed by atoms with Crippen LogP contribution in [0.3, 0.4) is 0 Å². The van der Waals surface area contributed by atoms with Gasteiger partial charge in [-0.25, -0.2) is 0 Å². The number of para-hydroxylation sites is 1. The van der Waals surface area contributed by atoms with Crippen LogP contribution in [0.25, 0.3) is 11.0 Å². The molecule has 1 fully saturated rings. The lowest BCUT2D eigenvalue weighted by Crippen LogP contribution is -2.47. The van der Waals surface area contributed by atoms with Gasteiger partial charge in [-0.1, -0.05) is 56.0 Å². The lowest BCUT2D eigenvalue weighted by molar-refractivity contribution is -0.116. The number of likely N-dealkylation sites (tertiary alicyclic amines) is 1. The lowest BCUT2D eigenvalue weighted by atomic mass is 10.0. The Bertz CT molecular complexity index is 1260. The second kappa shape index (κ2) is 12.2. The molecule has 202 valence electrons. The first-order chi connectivity index (χ1) is 18.5. The van der Waals surface area contributed by atoms with Gasteiger partial charge in [-0.3, -0.25) is 14.5 Å². The summed E-state index contributed by atoms with van der Waals surface area (Å²) < 4.78 is 5.93. The van der Waals surface area contributed by atoms with Crippen molar-refractivity contribution in [1.29, 1.82) is 0 Å². The van der Waals surface area contributed by atoms with E-state index < -0.39 is 0 Å². The zero-order chi connectivity index (χ0) is 26.5. The molecule has 2 aromatic carbocycles. The van der Waals surface area contributed by atoms with Gasteiger partial charge in [0.15, 0.2) is 5.76 Å². The van der Waals surface area contributed by atoms with Crippen LogP contribution in [0, 0.1) is 6.92 Å². The molecule has 3 heterocycles. The standard InChI is InChI=1S/C32H41N3O3/c1-24-13-14-26-22-31(38-30(26)21-24)32(37)33-19-15-28(16-20-33)34-17-9-5-3-4-6-10-18-35(25(2)36)29-12-8-7-11-27(29)23-34/h7-8,11-14,21-22,28H,3-6,9-10,15-20,23H2,1-2H3. The van der Waals surface area contributed by atoms with Gasteiger partial charge in [0, 0.05) is 50.2 Å². The molecule has 0 N–H and O–H groups in total. The highest BCUT2D eigenvalue weighted by molar-refractivity contribution is 5.96. The monoisotopic (exact) mass is 515 g/mol. The highest BCUT2D eigenvalue weighted by Gasteiger charge is 2.29. The minimum Gasteiger partial charge on any atom is -0.451 e. The summed E-state index contributed by atoms with van der Waals surface area (Å²) in [7, 11) is 0. The van der Waals surface area contributed by atoms with E-state index >= 15 is 0 Å². The van der Waals surface area contributed by atoms with E-state index in [0.29, 0.717) is 11.8 Å². The second-order valence-corrected chi connectivity index (χ2v) is 11.1. The van der Waals surface area contributed by atoms with Crippen LogP contribution >= 0.6 is 0 Å². The minimum atomic E-state index is -0.00955. The molecular weight excluding hydrogens is 474 g/mol. The lowest BCUT2D eigenvalue weighted by Gasteiger charge is -2.39. The van der Waals surface area contributed by atoms with Crippen LogP contribution < -0.4 is 4.90 Å². The molecular formula is C32H41N3O3. The fourth-order valence-electron chi connectivity index (χ4n) is 6.09. The van der Waals surface area contributed by atoms with E-state index in [2.05, 4.69) is 23.1 Å². The third-order valence-corrected chi connectivity index (χ3v) is 8.27. The summed E-state index contributed by atoms with van der Waals surface area (Å²) >= 11 is 0. The van der Waals surface area contributed by atoms with Crippen molar-refractivity contribution in [3.8, 4) is 0 Å². The van der Waals surface area contributed by atoms with Crippen molar-refractivity contribution in [2.24, 2.45) is 0 Å². The van der Waals surface area contributed by atoms with Crippen molar-refractivity contribution < 1.29 is 14.0 Å². The topological polar surface area (TPSA) is 57.0 Å². The first-order valence-electron chi connectivity index (χ1n) is 14.4. The Hall–Kier alpha value is -3.12. The average molecular weight is 516 g/mol. The Morgan fingerprint density at radius 2 is 1.55 bits per heavy atom. The van der Waals surface area contributed by atoms with Crippen molar-refractivity contribution in [2.75, 3.05) is 31.1 Å².